The van der Waals surface area contributed by atoms with Gasteiger partial charge in [0.05, 0.1) is 30.5 Å². The molecular weight excluding hydrogens is 300 g/mol. The van der Waals surface area contributed by atoms with E-state index in [1.807, 2.05) is 0 Å². The number of carboxylic acid groups (broad SMARTS) is 1. The number of aldehydes is 1. The Kier molecular flexibility index (Phi) is 4.13. The first-order valence-electron chi connectivity index (χ1n) is 5.72. The third-order valence-electron chi connectivity index (χ3n) is 2.83. The van der Waals surface area contributed by atoms with E-state index in [1.54, 1.807) is 0 Å². The molecule has 1 aromatic heterocycles. The van der Waals surface area contributed by atoms with Gasteiger partial charge >= 0.3 is 5.97 Å². The van der Waals surface area contributed by atoms with Crippen LogP contribution < -0.4 is 9.47 Å². The van der Waals surface area contributed by atoms with Crippen molar-refractivity contribution in [2.75, 3.05) is 14.2 Å². The molecule has 0 aliphatic carbocycles. The number of nitrogens with zero attached hydrogens (tertiary/aromatic N) is 1. The number of methoxy groups -OCH3 is 2. The molecule has 0 bridgehead atoms. The van der Waals surface area contributed by atoms with Crippen molar-refractivity contribution in [3.63, 3.8) is 0 Å². The summed E-state index contributed by atoms with van der Waals surface area (Å²) in [7, 11) is 2.77. The van der Waals surface area contributed by atoms with Crippen LogP contribution in [0.1, 0.15) is 20.8 Å². The topological polar surface area (TPSA) is 102 Å². The molecule has 1 heterocycles. The van der Waals surface area contributed by atoms with Gasteiger partial charge in [-0.15, -0.1) is 0 Å². The summed E-state index contributed by atoms with van der Waals surface area (Å²) in [4.78, 5) is 22.0. The number of carboxylic acids is 1. The number of nitrogens with one attached hydrogen (secondary N) is 1. The summed E-state index contributed by atoms with van der Waals surface area (Å²) in [6, 6.07) is 2.80. The van der Waals surface area contributed by atoms with Crippen LogP contribution in [0.4, 0.5) is 0 Å². The van der Waals surface area contributed by atoms with Crippen molar-refractivity contribution in [3.8, 4) is 22.8 Å². The molecule has 7 nitrogen and oxygen atoms in total. The van der Waals surface area contributed by atoms with Crippen LogP contribution in [-0.2, 0) is 0 Å². The van der Waals surface area contributed by atoms with Gasteiger partial charge in [-0.05, 0) is 12.1 Å². The Bertz CT molecular complexity index is 711. The summed E-state index contributed by atoms with van der Waals surface area (Å²) < 4.78 is 10.4. The standard InChI is InChI=1S/C13H11ClN2O5/c1-20-11-6(9-4-10(13(18)19)16-15-9)3-8(14)7(5-17)12(11)21-2/h3-5H,1-2H3,(H,15,16)(H,18,19). The lowest BCUT2D eigenvalue weighted by Gasteiger charge is -2.14. The molecule has 0 aliphatic rings. The van der Waals surface area contributed by atoms with Gasteiger partial charge in [-0.3, -0.25) is 9.89 Å². The maximum Gasteiger partial charge on any atom is 0.353 e. The van der Waals surface area contributed by atoms with E-state index in [0.717, 1.165) is 0 Å². The third kappa shape index (κ3) is 2.55. The highest BCUT2D eigenvalue weighted by atomic mass is 35.5. The first-order chi connectivity index (χ1) is 10.0. The van der Waals surface area contributed by atoms with Gasteiger partial charge in [0.2, 0.25) is 0 Å². The zero-order chi connectivity index (χ0) is 15.6. The predicted molar refractivity (Wildman–Crippen MR) is 74.5 cm³/mol. The van der Waals surface area contributed by atoms with Crippen LogP contribution in [-0.4, -0.2) is 41.8 Å². The molecule has 0 unspecified atom stereocenters. The van der Waals surface area contributed by atoms with E-state index in [9.17, 15) is 9.59 Å². The molecule has 2 rings (SSSR count). The minimum Gasteiger partial charge on any atom is -0.492 e. The highest BCUT2D eigenvalue weighted by molar-refractivity contribution is 6.33. The highest BCUT2D eigenvalue weighted by Crippen LogP contribution is 2.43. The van der Waals surface area contributed by atoms with Crippen LogP contribution in [0.25, 0.3) is 11.3 Å². The zero-order valence-corrected chi connectivity index (χ0v) is 11.9. The smallest absolute Gasteiger partial charge is 0.353 e. The number of halogens is 1. The van der Waals surface area contributed by atoms with Gasteiger partial charge in [0.1, 0.15) is 5.69 Å². The minimum atomic E-state index is -1.14. The first kappa shape index (κ1) is 14.9. The molecule has 0 aliphatic heterocycles. The molecule has 0 saturated heterocycles. The van der Waals surface area contributed by atoms with E-state index in [2.05, 4.69) is 10.2 Å². The predicted octanol–water partition coefficient (Wildman–Crippen LogP) is 2.26. The van der Waals surface area contributed by atoms with Crippen LogP contribution in [0, 0.1) is 0 Å². The molecule has 21 heavy (non-hydrogen) atoms. The number of ether oxygens (including phenoxy) is 2. The van der Waals surface area contributed by atoms with E-state index in [0.29, 0.717) is 17.5 Å². The maximum atomic E-state index is 11.1. The number of carbonyl (C=O) groups is 2. The van der Waals surface area contributed by atoms with Gasteiger partial charge in [-0.25, -0.2) is 4.79 Å². The largest absolute Gasteiger partial charge is 0.492 e. The number of hydrogen-bond acceptors (Lipinski definition) is 5. The summed E-state index contributed by atoms with van der Waals surface area (Å²) >= 11 is 6.04. The molecule has 0 amide bonds. The minimum absolute atomic E-state index is 0.0818. The summed E-state index contributed by atoms with van der Waals surface area (Å²) in [6.45, 7) is 0. The van der Waals surface area contributed by atoms with Crippen molar-refractivity contribution in [2.24, 2.45) is 0 Å². The fraction of sp³-hybridized carbons (Fsp3) is 0.154. The summed E-state index contributed by atoms with van der Waals surface area (Å²) in [5, 5.41) is 15.3. The Labute approximate surface area is 124 Å². The molecule has 110 valence electrons. The van der Waals surface area contributed by atoms with Gasteiger partial charge in [-0.2, -0.15) is 5.10 Å². The Morgan fingerprint density at radius 2 is 2.00 bits per heavy atom. The summed E-state index contributed by atoms with van der Waals surface area (Å²) in [5.74, 6) is -0.738. The van der Waals surface area contributed by atoms with Gasteiger partial charge in [0.15, 0.2) is 17.8 Å². The lowest BCUT2D eigenvalue weighted by atomic mass is 10.1. The van der Waals surface area contributed by atoms with Crippen LogP contribution in [0.3, 0.4) is 0 Å². The second kappa shape index (κ2) is 5.84. The lowest BCUT2D eigenvalue weighted by molar-refractivity contribution is 0.0690. The molecule has 0 saturated carbocycles. The maximum absolute atomic E-state index is 11.1. The zero-order valence-electron chi connectivity index (χ0n) is 11.1. The second-order valence-electron chi connectivity index (χ2n) is 3.98. The molecule has 0 radical (unpaired) electrons. The monoisotopic (exact) mass is 310 g/mol. The summed E-state index contributed by atoms with van der Waals surface area (Å²) in [6.07, 6.45) is 0.556. The van der Waals surface area contributed by atoms with E-state index in [4.69, 9.17) is 26.2 Å². The lowest BCUT2D eigenvalue weighted by Crippen LogP contribution is -1.99. The van der Waals surface area contributed by atoms with Crippen LogP contribution in [0.15, 0.2) is 12.1 Å². The quantitative estimate of drug-likeness (QED) is 0.821. The number of aromatic amines is 1. The average Bonchev–Trinajstić information content (AvgIpc) is 2.95. The molecule has 2 N–H and O–H groups in total. The molecule has 8 heteroatoms. The number of H-pyrrole nitrogens is 1. The fourth-order valence-corrected chi connectivity index (χ4v) is 2.14. The Balaban J connectivity index is 2.70. The van der Waals surface area contributed by atoms with E-state index < -0.39 is 5.97 Å². The Morgan fingerprint density at radius 3 is 2.48 bits per heavy atom. The molecule has 0 atom stereocenters. The molecule has 0 fully saturated rings. The highest BCUT2D eigenvalue weighted by Gasteiger charge is 2.22. The van der Waals surface area contributed by atoms with Gasteiger partial charge in [0.25, 0.3) is 0 Å². The average molecular weight is 311 g/mol. The normalized spacial score (nSPS) is 10.2. The molecule has 0 spiro atoms. The number of benzene rings is 1. The van der Waals surface area contributed by atoms with Crippen LogP contribution in [0.2, 0.25) is 5.02 Å². The number of aromatic carboxylic acids is 1. The second-order valence-corrected chi connectivity index (χ2v) is 4.38. The van der Waals surface area contributed by atoms with Gasteiger partial charge in [-0.1, -0.05) is 11.6 Å². The fourth-order valence-electron chi connectivity index (χ4n) is 1.90. The van der Waals surface area contributed by atoms with Crippen molar-refractivity contribution in [3.05, 3.63) is 28.4 Å². The van der Waals surface area contributed by atoms with Crippen molar-refractivity contribution >= 4 is 23.9 Å². The molecular formula is C13H11ClN2O5. The van der Waals surface area contributed by atoms with E-state index >= 15 is 0 Å². The third-order valence-corrected chi connectivity index (χ3v) is 3.15. The van der Waals surface area contributed by atoms with Crippen LogP contribution in [0.5, 0.6) is 11.5 Å². The molecule has 2 aromatic rings. The van der Waals surface area contributed by atoms with Crippen molar-refractivity contribution in [1.82, 2.24) is 10.2 Å². The summed E-state index contributed by atoms with van der Waals surface area (Å²) in [5.41, 5.74) is 0.783. The first-order valence-corrected chi connectivity index (χ1v) is 6.10. The number of aromatic nitrogens is 2. The van der Waals surface area contributed by atoms with E-state index in [1.165, 1.54) is 26.4 Å². The van der Waals surface area contributed by atoms with Gasteiger partial charge in [0, 0.05) is 5.56 Å². The number of hydrogen-bond donors (Lipinski definition) is 2. The van der Waals surface area contributed by atoms with E-state index in [-0.39, 0.29) is 27.8 Å². The number of carbonyl (C=O) groups excluding carboxylic acids is 1. The van der Waals surface area contributed by atoms with Crippen molar-refractivity contribution < 1.29 is 24.2 Å². The van der Waals surface area contributed by atoms with Crippen molar-refractivity contribution in [2.45, 2.75) is 0 Å². The van der Waals surface area contributed by atoms with Crippen molar-refractivity contribution in [1.29, 1.82) is 0 Å². The number of rotatable bonds is 5. The Hall–Kier alpha value is -2.54. The SMILES string of the molecule is COc1c(-c2cc(C(=O)O)[nH]n2)cc(Cl)c(C=O)c1OC. The van der Waals surface area contributed by atoms with Gasteiger partial charge < -0.3 is 14.6 Å². The Morgan fingerprint density at radius 1 is 1.33 bits per heavy atom. The molecule has 1 aromatic carbocycles. The van der Waals surface area contributed by atoms with Crippen LogP contribution >= 0.6 is 11.6 Å².